The summed E-state index contributed by atoms with van der Waals surface area (Å²) >= 11 is 0. The first-order valence-electron chi connectivity index (χ1n) is 6.72. The molecule has 8 heteroatoms. The van der Waals surface area contributed by atoms with E-state index in [4.69, 9.17) is 0 Å². The molecule has 0 fully saturated rings. The smallest absolute Gasteiger partial charge is 0.331 e. The van der Waals surface area contributed by atoms with Crippen LogP contribution in [0.2, 0.25) is 0 Å². The Morgan fingerprint density at radius 2 is 2.19 bits per heavy atom. The third kappa shape index (κ3) is 2.44. The number of hydrogen-bond acceptors (Lipinski definition) is 3. The lowest BCUT2D eigenvalue weighted by Crippen LogP contribution is -2.23. The van der Waals surface area contributed by atoms with Gasteiger partial charge in [-0.05, 0) is 13.3 Å². The van der Waals surface area contributed by atoms with Crippen molar-refractivity contribution in [2.24, 2.45) is 7.05 Å². The first-order chi connectivity index (χ1) is 9.88. The molecule has 21 heavy (non-hydrogen) atoms. The minimum atomic E-state index is -4.38. The van der Waals surface area contributed by atoms with Crippen LogP contribution in [0.4, 0.5) is 13.2 Å². The minimum absolute atomic E-state index is 0.0361. The average molecular weight is 299 g/mol. The van der Waals surface area contributed by atoms with Gasteiger partial charge in [0.15, 0.2) is 0 Å². The van der Waals surface area contributed by atoms with Gasteiger partial charge in [0.25, 0.3) is 0 Å². The second kappa shape index (κ2) is 4.87. The molecule has 1 aliphatic heterocycles. The molecule has 0 amide bonds. The van der Waals surface area contributed by atoms with Crippen LogP contribution >= 0.6 is 0 Å². The number of imidazole rings is 1. The Bertz CT molecular complexity index is 643. The highest BCUT2D eigenvalue weighted by Crippen LogP contribution is 2.34. The molecule has 1 N–H and O–H groups in total. The lowest BCUT2D eigenvalue weighted by molar-refractivity contribution is -0.138. The molecule has 3 heterocycles. The van der Waals surface area contributed by atoms with Crippen LogP contribution in [-0.2, 0) is 19.8 Å². The van der Waals surface area contributed by atoms with Crippen molar-refractivity contribution < 1.29 is 13.2 Å². The van der Waals surface area contributed by atoms with E-state index in [1.54, 1.807) is 6.20 Å². The number of nitrogens with one attached hydrogen (secondary N) is 1. The van der Waals surface area contributed by atoms with Gasteiger partial charge in [0.1, 0.15) is 5.82 Å². The number of rotatable bonds is 3. The van der Waals surface area contributed by atoms with Crippen molar-refractivity contribution in [3.8, 4) is 0 Å². The van der Waals surface area contributed by atoms with E-state index in [2.05, 4.69) is 22.3 Å². The van der Waals surface area contributed by atoms with Gasteiger partial charge in [0.2, 0.25) is 0 Å². The van der Waals surface area contributed by atoms with Gasteiger partial charge in [-0.2, -0.15) is 18.3 Å². The molecule has 0 aliphatic carbocycles. The van der Waals surface area contributed by atoms with Crippen LogP contribution < -0.4 is 5.32 Å². The van der Waals surface area contributed by atoms with Gasteiger partial charge in [-0.15, -0.1) is 0 Å². The number of aryl methyl sites for hydroxylation is 1. The second-order valence-electron chi connectivity index (χ2n) is 5.34. The lowest BCUT2D eigenvalue weighted by Gasteiger charge is -2.14. The molecule has 1 aliphatic rings. The van der Waals surface area contributed by atoms with Crippen molar-refractivity contribution in [2.45, 2.75) is 38.1 Å². The summed E-state index contributed by atoms with van der Waals surface area (Å²) in [7, 11) is 1.52. The Morgan fingerprint density at radius 3 is 2.90 bits per heavy atom. The van der Waals surface area contributed by atoms with E-state index in [1.807, 2.05) is 10.8 Å². The molecule has 2 aromatic rings. The fourth-order valence-electron chi connectivity index (χ4n) is 2.83. The van der Waals surface area contributed by atoms with Crippen molar-refractivity contribution in [3.63, 3.8) is 0 Å². The van der Waals surface area contributed by atoms with Crippen molar-refractivity contribution in [1.29, 1.82) is 0 Å². The highest BCUT2D eigenvalue weighted by Gasteiger charge is 2.36. The van der Waals surface area contributed by atoms with Crippen LogP contribution in [0, 0.1) is 0 Å². The Labute approximate surface area is 119 Å². The molecule has 3 rings (SSSR count). The van der Waals surface area contributed by atoms with E-state index < -0.39 is 11.7 Å². The summed E-state index contributed by atoms with van der Waals surface area (Å²) in [6, 6.07) is 0.264. The Balaban J connectivity index is 1.77. The zero-order valence-electron chi connectivity index (χ0n) is 11.7. The van der Waals surface area contributed by atoms with E-state index >= 15 is 0 Å². The van der Waals surface area contributed by atoms with Crippen LogP contribution in [0.5, 0.6) is 0 Å². The summed E-state index contributed by atoms with van der Waals surface area (Å²) in [6.07, 6.45) is 0.919. The van der Waals surface area contributed by atoms with Crippen LogP contribution in [0.1, 0.15) is 42.5 Å². The summed E-state index contributed by atoms with van der Waals surface area (Å²) in [5.74, 6) is 0.873. The molecule has 2 atom stereocenters. The summed E-state index contributed by atoms with van der Waals surface area (Å²) in [4.78, 5) is 4.28. The molecular formula is C13H16F3N5. The molecule has 2 unspecified atom stereocenters. The molecule has 0 saturated carbocycles. The Hall–Kier alpha value is -1.83. The third-order valence-electron chi connectivity index (χ3n) is 3.94. The maximum atomic E-state index is 12.9. The van der Waals surface area contributed by atoms with Gasteiger partial charge in [-0.3, -0.25) is 4.68 Å². The van der Waals surface area contributed by atoms with E-state index in [1.165, 1.54) is 11.7 Å². The van der Waals surface area contributed by atoms with Crippen LogP contribution in [0.3, 0.4) is 0 Å². The molecule has 0 bridgehead atoms. The van der Waals surface area contributed by atoms with Crippen LogP contribution in [-0.4, -0.2) is 19.3 Å². The van der Waals surface area contributed by atoms with Crippen LogP contribution in [0.25, 0.3) is 0 Å². The van der Waals surface area contributed by atoms with E-state index in [0.717, 1.165) is 18.4 Å². The lowest BCUT2D eigenvalue weighted by atomic mass is 10.1. The van der Waals surface area contributed by atoms with Gasteiger partial charge in [-0.1, -0.05) is 0 Å². The van der Waals surface area contributed by atoms with Gasteiger partial charge < -0.3 is 9.88 Å². The summed E-state index contributed by atoms with van der Waals surface area (Å²) in [5, 5.41) is 6.88. The zero-order valence-corrected chi connectivity index (χ0v) is 11.7. The second-order valence-corrected chi connectivity index (χ2v) is 5.34. The molecule has 5 nitrogen and oxygen atoms in total. The molecule has 0 spiro atoms. The van der Waals surface area contributed by atoms with Gasteiger partial charge in [0.05, 0.1) is 23.5 Å². The fourth-order valence-corrected chi connectivity index (χ4v) is 2.83. The third-order valence-corrected chi connectivity index (χ3v) is 3.94. The van der Waals surface area contributed by atoms with Crippen molar-refractivity contribution in [2.75, 3.05) is 0 Å². The number of hydrogen-bond donors (Lipinski definition) is 1. The predicted octanol–water partition coefficient (Wildman–Crippen LogP) is 2.43. The van der Waals surface area contributed by atoms with E-state index in [-0.39, 0.29) is 18.3 Å². The Morgan fingerprint density at radius 1 is 1.43 bits per heavy atom. The standard InChI is InChI=1S/C13H16F3N5/c1-8-5-10(12-17-3-4-21(8)12)18-7-11-9(13(14,15)16)6-19-20(11)2/h3-4,6,8,10,18H,5,7H2,1-2H3. The number of nitrogens with zero attached hydrogens (tertiary/aromatic N) is 4. The fraction of sp³-hybridized carbons (Fsp3) is 0.538. The highest BCUT2D eigenvalue weighted by molar-refractivity contribution is 5.21. The van der Waals surface area contributed by atoms with Gasteiger partial charge in [-0.25, -0.2) is 4.98 Å². The summed E-state index contributed by atoms with van der Waals surface area (Å²) in [6.45, 7) is 2.17. The molecule has 0 aromatic carbocycles. The van der Waals surface area contributed by atoms with Gasteiger partial charge in [0, 0.05) is 32.0 Å². The van der Waals surface area contributed by atoms with Crippen molar-refractivity contribution in [3.05, 3.63) is 35.7 Å². The summed E-state index contributed by atoms with van der Waals surface area (Å²) in [5.41, 5.74) is -0.549. The molecular weight excluding hydrogens is 283 g/mol. The maximum Gasteiger partial charge on any atom is 0.419 e. The van der Waals surface area contributed by atoms with E-state index in [0.29, 0.717) is 6.04 Å². The quantitative estimate of drug-likeness (QED) is 0.947. The first-order valence-corrected chi connectivity index (χ1v) is 6.72. The highest BCUT2D eigenvalue weighted by atomic mass is 19.4. The van der Waals surface area contributed by atoms with Crippen molar-refractivity contribution >= 4 is 0 Å². The summed E-state index contributed by atoms with van der Waals surface area (Å²) < 4.78 is 42.1. The topological polar surface area (TPSA) is 47.7 Å². The number of halogens is 3. The molecule has 0 radical (unpaired) electrons. The van der Waals surface area contributed by atoms with Gasteiger partial charge >= 0.3 is 6.18 Å². The first kappa shape index (κ1) is 14.1. The number of aromatic nitrogens is 4. The molecule has 114 valence electrons. The van der Waals surface area contributed by atoms with Crippen molar-refractivity contribution in [1.82, 2.24) is 24.6 Å². The number of fused-ring (bicyclic) bond motifs is 1. The molecule has 0 saturated heterocycles. The maximum absolute atomic E-state index is 12.9. The molecule has 2 aromatic heterocycles. The minimum Gasteiger partial charge on any atom is -0.331 e. The average Bonchev–Trinajstić information content (AvgIpc) is 3.05. The Kier molecular flexibility index (Phi) is 3.27. The van der Waals surface area contributed by atoms with Crippen LogP contribution in [0.15, 0.2) is 18.6 Å². The van der Waals surface area contributed by atoms with E-state index in [9.17, 15) is 13.2 Å². The largest absolute Gasteiger partial charge is 0.419 e. The SMILES string of the molecule is CC1CC(NCc2c(C(F)(F)F)cnn2C)c2nccn21. The monoisotopic (exact) mass is 299 g/mol. The zero-order chi connectivity index (χ0) is 15.2. The predicted molar refractivity (Wildman–Crippen MR) is 69.3 cm³/mol. The number of alkyl halides is 3. The normalized spacial score (nSPS) is 21.8.